The molecule has 3 aliphatic heterocycles. The normalized spacial score (nSPS) is 31.1. The van der Waals surface area contributed by atoms with Crippen LogP contribution in [-0.4, -0.2) is 30.8 Å². The lowest BCUT2D eigenvalue weighted by molar-refractivity contribution is -0.108. The van der Waals surface area contributed by atoms with Gasteiger partial charge in [0.2, 0.25) is 0 Å². The SMILES string of the molecule is CC(CC=O)c1ccc(C2CN3CCC2CC3)cc1. The Morgan fingerprint density at radius 3 is 2.47 bits per heavy atom. The van der Waals surface area contributed by atoms with Gasteiger partial charge in [0.1, 0.15) is 6.29 Å². The highest BCUT2D eigenvalue weighted by Crippen LogP contribution is 2.39. The third-order valence-electron chi connectivity index (χ3n) is 5.04. The molecule has 2 heteroatoms. The minimum absolute atomic E-state index is 0.345. The van der Waals surface area contributed by atoms with Crippen molar-refractivity contribution in [1.82, 2.24) is 4.90 Å². The largest absolute Gasteiger partial charge is 0.303 e. The summed E-state index contributed by atoms with van der Waals surface area (Å²) in [6.07, 6.45) is 4.38. The van der Waals surface area contributed by atoms with Crippen molar-refractivity contribution in [3.05, 3.63) is 35.4 Å². The molecule has 0 spiro atoms. The molecule has 0 amide bonds. The molecular weight excluding hydrogens is 234 g/mol. The van der Waals surface area contributed by atoms with Gasteiger partial charge in [-0.05, 0) is 54.8 Å². The molecule has 0 saturated carbocycles. The standard InChI is InChI=1S/C17H23NO/c1-13(8-11-19)14-2-4-15(5-3-14)17-12-18-9-6-16(17)7-10-18/h2-5,11,13,16-17H,6-10,12H2,1H3. The summed E-state index contributed by atoms with van der Waals surface area (Å²) in [6.45, 7) is 5.97. The van der Waals surface area contributed by atoms with Gasteiger partial charge in [-0.25, -0.2) is 0 Å². The van der Waals surface area contributed by atoms with Gasteiger partial charge in [-0.1, -0.05) is 31.2 Å². The molecule has 1 aromatic carbocycles. The van der Waals surface area contributed by atoms with Crippen LogP contribution >= 0.6 is 0 Å². The Morgan fingerprint density at radius 1 is 1.26 bits per heavy atom. The maximum atomic E-state index is 10.6. The fraction of sp³-hybridized carbons (Fsp3) is 0.588. The summed E-state index contributed by atoms with van der Waals surface area (Å²) in [5.41, 5.74) is 2.79. The molecule has 3 heterocycles. The number of hydrogen-bond acceptors (Lipinski definition) is 2. The molecule has 2 unspecified atom stereocenters. The Bertz CT molecular complexity index is 431. The van der Waals surface area contributed by atoms with E-state index in [0.717, 1.165) is 18.1 Å². The number of nitrogens with zero attached hydrogens (tertiary/aromatic N) is 1. The van der Waals surface area contributed by atoms with Crippen LogP contribution in [0.15, 0.2) is 24.3 Å². The van der Waals surface area contributed by atoms with E-state index >= 15 is 0 Å². The van der Waals surface area contributed by atoms with Crippen LogP contribution in [0.2, 0.25) is 0 Å². The summed E-state index contributed by atoms with van der Waals surface area (Å²) < 4.78 is 0. The van der Waals surface area contributed by atoms with E-state index in [1.165, 1.54) is 43.6 Å². The average molecular weight is 257 g/mol. The number of hydrogen-bond donors (Lipinski definition) is 0. The monoisotopic (exact) mass is 257 g/mol. The highest BCUT2D eigenvalue weighted by molar-refractivity contribution is 5.51. The Balaban J connectivity index is 1.74. The molecule has 3 fully saturated rings. The summed E-state index contributed by atoms with van der Waals surface area (Å²) in [7, 11) is 0. The van der Waals surface area contributed by atoms with Crippen molar-refractivity contribution in [2.24, 2.45) is 5.92 Å². The van der Waals surface area contributed by atoms with E-state index in [9.17, 15) is 4.79 Å². The molecule has 4 rings (SSSR count). The lowest BCUT2D eigenvalue weighted by Gasteiger charge is -2.45. The zero-order valence-electron chi connectivity index (χ0n) is 11.7. The van der Waals surface area contributed by atoms with Crippen LogP contribution in [-0.2, 0) is 4.79 Å². The van der Waals surface area contributed by atoms with Gasteiger partial charge in [-0.15, -0.1) is 0 Å². The molecule has 3 aliphatic rings. The number of carbonyl (C=O) groups is 1. The molecule has 0 radical (unpaired) electrons. The topological polar surface area (TPSA) is 20.3 Å². The quantitative estimate of drug-likeness (QED) is 0.772. The predicted octanol–water partition coefficient (Wildman–Crippen LogP) is 3.19. The van der Waals surface area contributed by atoms with E-state index in [1.54, 1.807) is 0 Å². The zero-order valence-corrected chi connectivity index (χ0v) is 11.7. The van der Waals surface area contributed by atoms with Crippen molar-refractivity contribution < 1.29 is 4.79 Å². The highest BCUT2D eigenvalue weighted by Gasteiger charge is 2.34. The van der Waals surface area contributed by atoms with E-state index in [1.807, 2.05) is 0 Å². The summed E-state index contributed by atoms with van der Waals surface area (Å²) in [5.74, 6) is 1.97. The molecule has 0 N–H and O–H groups in total. The smallest absolute Gasteiger partial charge is 0.120 e. The summed E-state index contributed by atoms with van der Waals surface area (Å²) in [6, 6.07) is 9.04. The summed E-state index contributed by atoms with van der Waals surface area (Å²) >= 11 is 0. The van der Waals surface area contributed by atoms with Crippen molar-refractivity contribution >= 4 is 6.29 Å². The lowest BCUT2D eigenvalue weighted by Crippen LogP contribution is -2.46. The Morgan fingerprint density at radius 2 is 1.95 bits per heavy atom. The molecule has 2 nitrogen and oxygen atoms in total. The van der Waals surface area contributed by atoms with E-state index in [4.69, 9.17) is 0 Å². The van der Waals surface area contributed by atoms with E-state index in [-0.39, 0.29) is 0 Å². The molecule has 0 aliphatic carbocycles. The van der Waals surface area contributed by atoms with Gasteiger partial charge >= 0.3 is 0 Å². The minimum atomic E-state index is 0.345. The maximum Gasteiger partial charge on any atom is 0.120 e. The molecular formula is C17H23NO. The Kier molecular flexibility index (Phi) is 3.69. The van der Waals surface area contributed by atoms with Crippen LogP contribution in [0.25, 0.3) is 0 Å². The molecule has 3 saturated heterocycles. The van der Waals surface area contributed by atoms with Gasteiger partial charge in [-0.3, -0.25) is 0 Å². The van der Waals surface area contributed by atoms with Gasteiger partial charge in [-0.2, -0.15) is 0 Å². The van der Waals surface area contributed by atoms with Crippen LogP contribution in [0.5, 0.6) is 0 Å². The molecule has 1 aromatic rings. The van der Waals surface area contributed by atoms with Crippen molar-refractivity contribution in [1.29, 1.82) is 0 Å². The van der Waals surface area contributed by atoms with Gasteiger partial charge in [0.05, 0.1) is 0 Å². The van der Waals surface area contributed by atoms with Crippen LogP contribution in [0.1, 0.15) is 49.1 Å². The van der Waals surface area contributed by atoms with Gasteiger partial charge in [0.25, 0.3) is 0 Å². The van der Waals surface area contributed by atoms with Crippen molar-refractivity contribution in [3.63, 3.8) is 0 Å². The average Bonchev–Trinajstić information content (AvgIpc) is 2.49. The lowest BCUT2D eigenvalue weighted by atomic mass is 9.75. The van der Waals surface area contributed by atoms with E-state index < -0.39 is 0 Å². The zero-order chi connectivity index (χ0) is 13.2. The summed E-state index contributed by atoms with van der Waals surface area (Å²) in [5, 5.41) is 0. The van der Waals surface area contributed by atoms with Crippen LogP contribution < -0.4 is 0 Å². The van der Waals surface area contributed by atoms with E-state index in [2.05, 4.69) is 36.1 Å². The van der Waals surface area contributed by atoms with Crippen molar-refractivity contribution in [2.45, 2.75) is 38.0 Å². The van der Waals surface area contributed by atoms with Gasteiger partial charge in [0, 0.05) is 13.0 Å². The second kappa shape index (κ2) is 5.46. The van der Waals surface area contributed by atoms with E-state index in [0.29, 0.717) is 12.3 Å². The summed E-state index contributed by atoms with van der Waals surface area (Å²) in [4.78, 5) is 13.2. The molecule has 0 aromatic heterocycles. The number of benzene rings is 1. The van der Waals surface area contributed by atoms with Gasteiger partial charge in [0.15, 0.2) is 0 Å². The molecule has 19 heavy (non-hydrogen) atoms. The van der Waals surface area contributed by atoms with Crippen LogP contribution in [0.4, 0.5) is 0 Å². The second-order valence-corrected chi connectivity index (χ2v) is 6.21. The number of carbonyl (C=O) groups excluding carboxylic acids is 1. The number of aldehydes is 1. The van der Waals surface area contributed by atoms with Crippen LogP contribution in [0, 0.1) is 5.92 Å². The third kappa shape index (κ3) is 2.59. The van der Waals surface area contributed by atoms with Crippen molar-refractivity contribution in [2.75, 3.05) is 19.6 Å². The first-order valence-electron chi connectivity index (χ1n) is 7.54. The number of rotatable bonds is 4. The molecule has 2 atom stereocenters. The Hall–Kier alpha value is -1.15. The number of piperidine rings is 3. The van der Waals surface area contributed by atoms with Crippen LogP contribution in [0.3, 0.4) is 0 Å². The first-order chi connectivity index (χ1) is 9.28. The fourth-order valence-corrected chi connectivity index (χ4v) is 3.69. The maximum absolute atomic E-state index is 10.6. The first-order valence-corrected chi connectivity index (χ1v) is 7.54. The molecule has 2 bridgehead atoms. The highest BCUT2D eigenvalue weighted by atomic mass is 16.1. The minimum Gasteiger partial charge on any atom is -0.303 e. The van der Waals surface area contributed by atoms with Gasteiger partial charge < -0.3 is 9.69 Å². The predicted molar refractivity (Wildman–Crippen MR) is 77.4 cm³/mol. The number of fused-ring (bicyclic) bond motifs is 3. The second-order valence-electron chi connectivity index (χ2n) is 6.21. The first kappa shape index (κ1) is 12.9. The Labute approximate surface area is 115 Å². The molecule has 102 valence electrons. The fourth-order valence-electron chi connectivity index (χ4n) is 3.69. The third-order valence-corrected chi connectivity index (χ3v) is 5.04. The van der Waals surface area contributed by atoms with Crippen molar-refractivity contribution in [3.8, 4) is 0 Å².